The molecule has 20 heavy (non-hydrogen) atoms. The largest absolute Gasteiger partial charge is 0.493 e. The van der Waals surface area contributed by atoms with E-state index in [2.05, 4.69) is 4.90 Å². The van der Waals surface area contributed by atoms with Crippen LogP contribution in [0.1, 0.15) is 12.8 Å². The Morgan fingerprint density at radius 1 is 1.30 bits per heavy atom. The Morgan fingerprint density at radius 3 is 2.60 bits per heavy atom. The number of rotatable bonds is 6. The van der Waals surface area contributed by atoms with Gasteiger partial charge in [0.1, 0.15) is 12.7 Å². The van der Waals surface area contributed by atoms with E-state index in [1.807, 2.05) is 24.3 Å². The van der Waals surface area contributed by atoms with Gasteiger partial charge in [0.2, 0.25) is 0 Å². The Bertz CT molecular complexity index is 406. The van der Waals surface area contributed by atoms with E-state index < -0.39 is 6.10 Å². The smallest absolute Gasteiger partial charge is 0.161 e. The molecule has 1 aliphatic heterocycles. The minimum atomic E-state index is -0.505. The van der Waals surface area contributed by atoms with Crippen LogP contribution in [-0.4, -0.2) is 55.5 Å². The Hall–Kier alpha value is -1.30. The summed E-state index contributed by atoms with van der Waals surface area (Å²) in [6.45, 7) is 2.80. The molecule has 1 aromatic carbocycles. The Balaban J connectivity index is 1.76. The van der Waals surface area contributed by atoms with Gasteiger partial charge >= 0.3 is 0 Å². The standard InChI is InChI=1S/C15H24N2O3/c1-19-14-4-2-3-5-15(14)20-11-13(18)10-17-8-6-12(16)7-9-17/h2-5,12-13,18H,6-11,16H2,1H3. The van der Waals surface area contributed by atoms with E-state index in [1.54, 1.807) is 7.11 Å². The van der Waals surface area contributed by atoms with Gasteiger partial charge in [0.15, 0.2) is 11.5 Å². The van der Waals surface area contributed by atoms with Crippen LogP contribution < -0.4 is 15.2 Å². The number of nitrogens with two attached hydrogens (primary N) is 1. The molecule has 5 nitrogen and oxygen atoms in total. The highest BCUT2D eigenvalue weighted by Gasteiger charge is 2.19. The molecule has 112 valence electrons. The first kappa shape index (κ1) is 15.1. The van der Waals surface area contributed by atoms with Gasteiger partial charge in [-0.25, -0.2) is 0 Å². The van der Waals surface area contributed by atoms with Crippen LogP contribution in [-0.2, 0) is 0 Å². The number of aliphatic hydroxyl groups excluding tert-OH is 1. The third-order valence-corrected chi connectivity index (χ3v) is 3.60. The molecule has 0 spiro atoms. The molecule has 0 aliphatic carbocycles. The van der Waals surface area contributed by atoms with Gasteiger partial charge in [-0.3, -0.25) is 0 Å². The van der Waals surface area contributed by atoms with Crippen molar-refractivity contribution >= 4 is 0 Å². The van der Waals surface area contributed by atoms with Crippen molar-refractivity contribution in [1.29, 1.82) is 0 Å². The van der Waals surface area contributed by atoms with Crippen LogP contribution in [0.3, 0.4) is 0 Å². The minimum Gasteiger partial charge on any atom is -0.493 e. The minimum absolute atomic E-state index is 0.267. The monoisotopic (exact) mass is 280 g/mol. The highest BCUT2D eigenvalue weighted by atomic mass is 16.5. The zero-order chi connectivity index (χ0) is 14.4. The van der Waals surface area contributed by atoms with Crippen LogP contribution in [0, 0.1) is 0 Å². The summed E-state index contributed by atoms with van der Waals surface area (Å²) in [5.74, 6) is 1.35. The van der Waals surface area contributed by atoms with E-state index in [4.69, 9.17) is 15.2 Å². The van der Waals surface area contributed by atoms with Gasteiger partial charge in [0.05, 0.1) is 7.11 Å². The number of hydrogen-bond donors (Lipinski definition) is 2. The molecular formula is C15H24N2O3. The second kappa shape index (κ2) is 7.47. The van der Waals surface area contributed by atoms with Crippen LogP contribution >= 0.6 is 0 Å². The normalized spacial score (nSPS) is 18.8. The van der Waals surface area contributed by atoms with Gasteiger partial charge in [-0.05, 0) is 38.1 Å². The van der Waals surface area contributed by atoms with Gasteiger partial charge in [0, 0.05) is 12.6 Å². The van der Waals surface area contributed by atoms with Gasteiger partial charge in [0.25, 0.3) is 0 Å². The van der Waals surface area contributed by atoms with Crippen molar-refractivity contribution in [1.82, 2.24) is 4.90 Å². The van der Waals surface area contributed by atoms with Crippen LogP contribution in [0.5, 0.6) is 11.5 Å². The third-order valence-electron chi connectivity index (χ3n) is 3.60. The van der Waals surface area contributed by atoms with Crippen molar-refractivity contribution in [3.63, 3.8) is 0 Å². The molecule has 1 heterocycles. The number of benzene rings is 1. The molecule has 1 fully saturated rings. The summed E-state index contributed by atoms with van der Waals surface area (Å²) in [6, 6.07) is 7.77. The summed E-state index contributed by atoms with van der Waals surface area (Å²) in [4.78, 5) is 2.24. The van der Waals surface area contributed by atoms with E-state index in [-0.39, 0.29) is 6.61 Å². The Morgan fingerprint density at radius 2 is 1.95 bits per heavy atom. The second-order valence-electron chi connectivity index (χ2n) is 5.25. The average Bonchev–Trinajstić information content (AvgIpc) is 2.48. The quantitative estimate of drug-likeness (QED) is 0.809. The molecule has 1 aromatic rings. The summed E-state index contributed by atoms with van der Waals surface area (Å²) < 4.78 is 10.8. The van der Waals surface area contributed by atoms with E-state index in [0.717, 1.165) is 25.9 Å². The lowest BCUT2D eigenvalue weighted by molar-refractivity contribution is 0.0588. The second-order valence-corrected chi connectivity index (χ2v) is 5.25. The maximum atomic E-state index is 10.1. The molecule has 2 rings (SSSR count). The van der Waals surface area contributed by atoms with Crippen LogP contribution in [0.25, 0.3) is 0 Å². The fraction of sp³-hybridized carbons (Fsp3) is 0.600. The molecule has 1 unspecified atom stereocenters. The fourth-order valence-electron chi connectivity index (χ4n) is 2.41. The van der Waals surface area contributed by atoms with Gasteiger partial charge in [-0.1, -0.05) is 12.1 Å². The van der Waals surface area contributed by atoms with Gasteiger partial charge in [-0.15, -0.1) is 0 Å². The van der Waals surface area contributed by atoms with Crippen molar-refractivity contribution in [2.24, 2.45) is 5.73 Å². The maximum Gasteiger partial charge on any atom is 0.161 e. The molecule has 1 atom stereocenters. The fourth-order valence-corrected chi connectivity index (χ4v) is 2.41. The van der Waals surface area contributed by atoms with Crippen LogP contribution in [0.2, 0.25) is 0 Å². The average molecular weight is 280 g/mol. The van der Waals surface area contributed by atoms with E-state index in [1.165, 1.54) is 0 Å². The Kier molecular flexibility index (Phi) is 5.64. The number of β-amino-alcohol motifs (C(OH)–C–C–N with tert-alkyl or cyclic N) is 1. The van der Waals surface area contributed by atoms with Gasteiger partial charge < -0.3 is 25.2 Å². The first-order chi connectivity index (χ1) is 9.69. The number of piperidine rings is 1. The number of likely N-dealkylation sites (tertiary alicyclic amines) is 1. The lowest BCUT2D eigenvalue weighted by Gasteiger charge is -2.31. The number of nitrogens with zero attached hydrogens (tertiary/aromatic N) is 1. The maximum absolute atomic E-state index is 10.1. The lowest BCUT2D eigenvalue weighted by Crippen LogP contribution is -2.44. The molecule has 5 heteroatoms. The van der Waals surface area contributed by atoms with E-state index in [9.17, 15) is 5.11 Å². The molecule has 0 aromatic heterocycles. The zero-order valence-electron chi connectivity index (χ0n) is 12.0. The Labute approximate surface area is 120 Å². The molecule has 0 radical (unpaired) electrons. The number of para-hydroxylation sites is 2. The summed E-state index contributed by atoms with van der Waals surface area (Å²) in [7, 11) is 1.61. The van der Waals surface area contributed by atoms with Crippen molar-refractivity contribution in [2.45, 2.75) is 25.0 Å². The summed E-state index contributed by atoms with van der Waals surface area (Å²) in [5.41, 5.74) is 5.87. The van der Waals surface area contributed by atoms with Crippen molar-refractivity contribution in [3.8, 4) is 11.5 Å². The summed E-state index contributed by atoms with van der Waals surface area (Å²) in [6.07, 6.45) is 1.49. The molecular weight excluding hydrogens is 256 g/mol. The molecule has 0 saturated carbocycles. The molecule has 1 saturated heterocycles. The van der Waals surface area contributed by atoms with Gasteiger partial charge in [-0.2, -0.15) is 0 Å². The van der Waals surface area contributed by atoms with E-state index >= 15 is 0 Å². The SMILES string of the molecule is COc1ccccc1OCC(O)CN1CCC(N)CC1. The third kappa shape index (κ3) is 4.37. The van der Waals surface area contributed by atoms with Crippen LogP contribution in [0.4, 0.5) is 0 Å². The topological polar surface area (TPSA) is 68.0 Å². The van der Waals surface area contributed by atoms with Crippen molar-refractivity contribution in [3.05, 3.63) is 24.3 Å². The molecule has 0 amide bonds. The summed E-state index contributed by atoms with van der Waals surface area (Å²) in [5, 5.41) is 10.1. The predicted molar refractivity (Wildman–Crippen MR) is 78.1 cm³/mol. The first-order valence-electron chi connectivity index (χ1n) is 7.11. The predicted octanol–water partition coefficient (Wildman–Crippen LogP) is 0.858. The van der Waals surface area contributed by atoms with E-state index in [0.29, 0.717) is 24.1 Å². The number of methoxy groups -OCH3 is 1. The zero-order valence-corrected chi connectivity index (χ0v) is 12.0. The van der Waals surface area contributed by atoms with Crippen molar-refractivity contribution < 1.29 is 14.6 Å². The van der Waals surface area contributed by atoms with Crippen molar-refractivity contribution in [2.75, 3.05) is 33.4 Å². The highest BCUT2D eigenvalue weighted by molar-refractivity contribution is 5.39. The molecule has 0 bridgehead atoms. The number of aliphatic hydroxyl groups is 1. The molecule has 3 N–H and O–H groups in total. The van der Waals surface area contributed by atoms with Crippen LogP contribution in [0.15, 0.2) is 24.3 Å². The lowest BCUT2D eigenvalue weighted by atomic mass is 10.1. The molecule has 1 aliphatic rings. The highest BCUT2D eigenvalue weighted by Crippen LogP contribution is 2.25. The number of hydrogen-bond acceptors (Lipinski definition) is 5. The number of ether oxygens (including phenoxy) is 2. The first-order valence-corrected chi connectivity index (χ1v) is 7.11. The summed E-state index contributed by atoms with van der Waals surface area (Å²) >= 11 is 0.